The Kier molecular flexibility index (Phi) is 4.20. The molecule has 1 aromatic rings. The number of nitrogens with one attached hydrogen (secondary N) is 1. The summed E-state index contributed by atoms with van der Waals surface area (Å²) >= 11 is 0. The van der Waals surface area contributed by atoms with E-state index in [-0.39, 0.29) is 37.3 Å². The highest BCUT2D eigenvalue weighted by atomic mass is 16.5. The molecule has 8 heteroatoms. The minimum absolute atomic E-state index is 0.0687. The van der Waals surface area contributed by atoms with Gasteiger partial charge in [0.25, 0.3) is 0 Å². The average Bonchev–Trinajstić information content (AvgIpc) is 2.92. The highest BCUT2D eigenvalue weighted by Crippen LogP contribution is 2.40. The normalized spacial score (nSPS) is 21.1. The molecule has 0 aliphatic heterocycles. The lowest BCUT2D eigenvalue weighted by molar-refractivity contribution is -0.158. The van der Waals surface area contributed by atoms with Gasteiger partial charge in [0.2, 0.25) is 11.8 Å². The van der Waals surface area contributed by atoms with Crippen LogP contribution in [0.2, 0.25) is 0 Å². The van der Waals surface area contributed by atoms with Crippen molar-refractivity contribution in [3.05, 3.63) is 16.2 Å². The zero-order valence-corrected chi connectivity index (χ0v) is 12.5. The van der Waals surface area contributed by atoms with Crippen molar-refractivity contribution < 1.29 is 24.2 Å². The Bertz CT molecular complexity index is 686. The fraction of sp³-hybridized carbons (Fsp3) is 0.571. The van der Waals surface area contributed by atoms with Crippen molar-refractivity contribution in [3.8, 4) is 5.88 Å². The molecular formula is C14H18N2O6. The predicted octanol–water partition coefficient (Wildman–Crippen LogP) is 0.387. The Morgan fingerprint density at radius 2 is 2.09 bits per heavy atom. The van der Waals surface area contributed by atoms with Crippen LogP contribution in [0.1, 0.15) is 43.6 Å². The molecule has 0 bridgehead atoms. The van der Waals surface area contributed by atoms with Crippen molar-refractivity contribution in [1.82, 2.24) is 9.55 Å². The van der Waals surface area contributed by atoms with Gasteiger partial charge in [-0.3, -0.25) is 19.4 Å². The first kappa shape index (κ1) is 16.0. The SMILES string of the molecule is CCOC(=O)C1(Cc2c(O)[nH]c(=O)n2C(C)=O)CCCC1=O. The maximum Gasteiger partial charge on any atom is 0.335 e. The minimum atomic E-state index is -1.45. The first-order valence-electron chi connectivity index (χ1n) is 7.08. The number of nitrogens with zero attached hydrogens (tertiary/aromatic N) is 1. The fourth-order valence-corrected chi connectivity index (χ4v) is 2.91. The van der Waals surface area contributed by atoms with Gasteiger partial charge in [-0.2, -0.15) is 0 Å². The highest BCUT2D eigenvalue weighted by molar-refractivity contribution is 6.05. The van der Waals surface area contributed by atoms with Crippen LogP contribution in [0.25, 0.3) is 0 Å². The molecule has 2 rings (SSSR count). The Morgan fingerprint density at radius 1 is 1.41 bits per heavy atom. The van der Waals surface area contributed by atoms with Gasteiger partial charge in [-0.15, -0.1) is 0 Å². The lowest BCUT2D eigenvalue weighted by Gasteiger charge is -2.24. The van der Waals surface area contributed by atoms with Crippen molar-refractivity contribution in [2.45, 2.75) is 39.5 Å². The zero-order chi connectivity index (χ0) is 16.5. The molecule has 0 amide bonds. The van der Waals surface area contributed by atoms with E-state index in [1.807, 2.05) is 0 Å². The number of imidazole rings is 1. The molecule has 22 heavy (non-hydrogen) atoms. The molecule has 1 fully saturated rings. The lowest BCUT2D eigenvalue weighted by Crippen LogP contribution is -2.40. The van der Waals surface area contributed by atoms with Crippen molar-refractivity contribution in [2.24, 2.45) is 5.41 Å². The van der Waals surface area contributed by atoms with E-state index in [1.54, 1.807) is 6.92 Å². The van der Waals surface area contributed by atoms with Crippen LogP contribution in [0, 0.1) is 5.41 Å². The second kappa shape index (κ2) is 5.78. The van der Waals surface area contributed by atoms with E-state index in [2.05, 4.69) is 4.98 Å². The fourth-order valence-electron chi connectivity index (χ4n) is 2.91. The molecule has 1 unspecified atom stereocenters. The zero-order valence-electron chi connectivity index (χ0n) is 12.5. The maximum absolute atomic E-state index is 12.3. The molecule has 1 saturated carbocycles. The van der Waals surface area contributed by atoms with Crippen molar-refractivity contribution in [3.63, 3.8) is 0 Å². The molecule has 1 heterocycles. The average molecular weight is 310 g/mol. The third-order valence-electron chi connectivity index (χ3n) is 3.96. The summed E-state index contributed by atoms with van der Waals surface area (Å²) in [6.07, 6.45) is 0.775. The molecule has 120 valence electrons. The van der Waals surface area contributed by atoms with Crippen molar-refractivity contribution in [2.75, 3.05) is 6.61 Å². The standard InChI is InChI=1S/C14H18N2O6/c1-3-22-12(20)14(6-4-5-10(14)18)7-9-11(19)15-13(21)16(9)8(2)17/h19H,3-7H2,1-2H3,(H,15,21). The Morgan fingerprint density at radius 3 is 2.59 bits per heavy atom. The highest BCUT2D eigenvalue weighted by Gasteiger charge is 2.51. The van der Waals surface area contributed by atoms with Gasteiger partial charge in [0.15, 0.2) is 5.78 Å². The van der Waals surface area contributed by atoms with E-state index >= 15 is 0 Å². The van der Waals surface area contributed by atoms with Gasteiger partial charge >= 0.3 is 11.7 Å². The number of carbonyl (C=O) groups is 3. The number of rotatable bonds is 4. The summed E-state index contributed by atoms with van der Waals surface area (Å²) in [4.78, 5) is 49.9. The van der Waals surface area contributed by atoms with Gasteiger partial charge in [0, 0.05) is 19.8 Å². The van der Waals surface area contributed by atoms with E-state index in [9.17, 15) is 24.3 Å². The third-order valence-corrected chi connectivity index (χ3v) is 3.96. The molecule has 0 radical (unpaired) electrons. The van der Waals surface area contributed by atoms with E-state index in [0.29, 0.717) is 6.42 Å². The van der Waals surface area contributed by atoms with Gasteiger partial charge in [0.1, 0.15) is 5.41 Å². The number of ketones is 1. The number of hydrogen-bond acceptors (Lipinski definition) is 6. The lowest BCUT2D eigenvalue weighted by atomic mass is 9.80. The van der Waals surface area contributed by atoms with Gasteiger partial charge in [0.05, 0.1) is 12.3 Å². The number of ether oxygens (including phenoxy) is 1. The van der Waals surface area contributed by atoms with Crippen LogP contribution in [0.3, 0.4) is 0 Å². The van der Waals surface area contributed by atoms with Crippen molar-refractivity contribution in [1.29, 1.82) is 0 Å². The number of aromatic hydroxyl groups is 1. The number of aromatic nitrogens is 2. The summed E-state index contributed by atoms with van der Waals surface area (Å²) in [5.41, 5.74) is -2.32. The molecule has 0 spiro atoms. The predicted molar refractivity (Wildman–Crippen MR) is 74.6 cm³/mol. The molecule has 1 aromatic heterocycles. The number of hydrogen-bond donors (Lipinski definition) is 2. The Labute approximate surface area is 126 Å². The summed E-state index contributed by atoms with van der Waals surface area (Å²) in [5, 5.41) is 9.84. The summed E-state index contributed by atoms with van der Waals surface area (Å²) < 4.78 is 5.73. The smallest absolute Gasteiger partial charge is 0.335 e. The monoisotopic (exact) mass is 310 g/mol. The van der Waals surface area contributed by atoms with Crippen LogP contribution >= 0.6 is 0 Å². The minimum Gasteiger partial charge on any atom is -0.493 e. The van der Waals surface area contributed by atoms with E-state index < -0.39 is 28.9 Å². The maximum atomic E-state index is 12.3. The molecule has 1 aliphatic rings. The molecule has 0 saturated heterocycles. The summed E-state index contributed by atoms with van der Waals surface area (Å²) in [6, 6.07) is 0. The van der Waals surface area contributed by atoms with E-state index in [0.717, 1.165) is 11.5 Å². The summed E-state index contributed by atoms with van der Waals surface area (Å²) in [6.45, 7) is 2.91. The number of esters is 1. The molecular weight excluding hydrogens is 292 g/mol. The number of carbonyl (C=O) groups excluding carboxylic acids is 3. The summed E-state index contributed by atoms with van der Waals surface area (Å²) in [5.74, 6) is -2.10. The largest absolute Gasteiger partial charge is 0.493 e. The van der Waals surface area contributed by atoms with Crippen LogP contribution < -0.4 is 5.69 Å². The van der Waals surface area contributed by atoms with Gasteiger partial charge in [-0.05, 0) is 19.8 Å². The third kappa shape index (κ3) is 2.44. The second-order valence-electron chi connectivity index (χ2n) is 5.34. The second-order valence-corrected chi connectivity index (χ2v) is 5.34. The quantitative estimate of drug-likeness (QED) is 0.613. The van der Waals surface area contributed by atoms with Crippen LogP contribution in [0.4, 0.5) is 0 Å². The Balaban J connectivity index is 2.50. The van der Waals surface area contributed by atoms with E-state index in [1.165, 1.54) is 0 Å². The molecule has 1 atom stereocenters. The molecule has 2 N–H and O–H groups in total. The summed E-state index contributed by atoms with van der Waals surface area (Å²) in [7, 11) is 0. The van der Waals surface area contributed by atoms with E-state index in [4.69, 9.17) is 4.74 Å². The van der Waals surface area contributed by atoms with Gasteiger partial charge in [-0.25, -0.2) is 9.36 Å². The number of Topliss-reactive ketones (excluding diaryl/α,β-unsaturated/α-hetero) is 1. The van der Waals surface area contributed by atoms with Gasteiger partial charge in [-0.1, -0.05) is 0 Å². The van der Waals surface area contributed by atoms with Crippen molar-refractivity contribution >= 4 is 17.7 Å². The van der Waals surface area contributed by atoms with Crippen LogP contribution in [0.15, 0.2) is 4.79 Å². The number of H-pyrrole nitrogens is 1. The van der Waals surface area contributed by atoms with Gasteiger partial charge < -0.3 is 9.84 Å². The molecule has 1 aliphatic carbocycles. The molecule has 8 nitrogen and oxygen atoms in total. The van der Waals surface area contributed by atoms with Crippen LogP contribution in [-0.2, 0) is 20.7 Å². The Hall–Kier alpha value is -2.38. The number of aromatic amines is 1. The molecule has 0 aromatic carbocycles. The van der Waals surface area contributed by atoms with Crippen LogP contribution in [0.5, 0.6) is 5.88 Å². The topological polar surface area (TPSA) is 118 Å². The van der Waals surface area contributed by atoms with Crippen LogP contribution in [-0.4, -0.2) is 38.9 Å². The first-order chi connectivity index (χ1) is 10.3. The first-order valence-corrected chi connectivity index (χ1v) is 7.08.